The summed E-state index contributed by atoms with van der Waals surface area (Å²) in [5.74, 6) is -0.870. The highest BCUT2D eigenvalue weighted by Gasteiger charge is 2.36. The Labute approximate surface area is 82.9 Å². The lowest BCUT2D eigenvalue weighted by Crippen LogP contribution is -2.44. The van der Waals surface area contributed by atoms with Gasteiger partial charge in [0.15, 0.2) is 0 Å². The minimum Gasteiger partial charge on any atom is -0.481 e. The van der Waals surface area contributed by atoms with E-state index in [9.17, 15) is 9.59 Å². The molecule has 14 heavy (non-hydrogen) atoms. The van der Waals surface area contributed by atoms with E-state index >= 15 is 0 Å². The van der Waals surface area contributed by atoms with Gasteiger partial charge in [0.25, 0.3) is 0 Å². The Kier molecular flexibility index (Phi) is 2.44. The summed E-state index contributed by atoms with van der Waals surface area (Å²) in [7, 11) is 0. The second-order valence-corrected chi connectivity index (χ2v) is 4.22. The van der Waals surface area contributed by atoms with Crippen molar-refractivity contribution in [1.82, 2.24) is 4.90 Å². The van der Waals surface area contributed by atoms with Crippen LogP contribution >= 0.6 is 0 Å². The molecule has 0 radical (unpaired) electrons. The number of amides is 1. The molecule has 4 heteroatoms. The molecule has 1 saturated carbocycles. The molecule has 0 aromatic rings. The van der Waals surface area contributed by atoms with Crippen LogP contribution in [-0.4, -0.2) is 35.0 Å². The van der Waals surface area contributed by atoms with E-state index in [2.05, 4.69) is 0 Å². The molecular weight excluding hydrogens is 182 g/mol. The fraction of sp³-hybridized carbons (Fsp3) is 0.800. The average molecular weight is 197 g/mol. The Bertz CT molecular complexity index is 260. The van der Waals surface area contributed by atoms with Crippen molar-refractivity contribution in [1.29, 1.82) is 0 Å². The van der Waals surface area contributed by atoms with Gasteiger partial charge in [-0.05, 0) is 25.7 Å². The van der Waals surface area contributed by atoms with Crippen LogP contribution in [0.25, 0.3) is 0 Å². The number of aliphatic carboxylic acids is 1. The molecule has 1 amide bonds. The number of carbonyl (C=O) groups excluding carboxylic acids is 1. The maximum atomic E-state index is 11.7. The van der Waals surface area contributed by atoms with E-state index < -0.39 is 5.97 Å². The van der Waals surface area contributed by atoms with Crippen molar-refractivity contribution in [3.8, 4) is 0 Å². The van der Waals surface area contributed by atoms with Crippen LogP contribution in [0.5, 0.6) is 0 Å². The van der Waals surface area contributed by atoms with E-state index in [1.54, 1.807) is 0 Å². The first-order valence-corrected chi connectivity index (χ1v) is 5.20. The summed E-state index contributed by atoms with van der Waals surface area (Å²) in [6.07, 6.45) is 3.07. The number of carbonyl (C=O) groups is 2. The Balaban J connectivity index is 1.88. The van der Waals surface area contributed by atoms with Crippen molar-refractivity contribution in [2.75, 3.05) is 13.1 Å². The van der Waals surface area contributed by atoms with Gasteiger partial charge in [0.2, 0.25) is 5.91 Å². The Morgan fingerprint density at radius 1 is 1.14 bits per heavy atom. The summed E-state index contributed by atoms with van der Waals surface area (Å²) in [5, 5.41) is 8.80. The van der Waals surface area contributed by atoms with E-state index in [1.165, 1.54) is 0 Å². The predicted molar refractivity (Wildman–Crippen MR) is 49.7 cm³/mol. The van der Waals surface area contributed by atoms with Crippen LogP contribution in [0.4, 0.5) is 0 Å². The second-order valence-electron chi connectivity index (χ2n) is 4.22. The van der Waals surface area contributed by atoms with E-state index in [4.69, 9.17) is 5.11 Å². The molecule has 0 spiro atoms. The lowest BCUT2D eigenvalue weighted by molar-refractivity contribution is -0.142. The van der Waals surface area contributed by atoms with E-state index in [0.29, 0.717) is 12.8 Å². The summed E-state index contributed by atoms with van der Waals surface area (Å²) >= 11 is 0. The summed E-state index contributed by atoms with van der Waals surface area (Å²) in [6, 6.07) is 0. The molecule has 1 aliphatic carbocycles. The van der Waals surface area contributed by atoms with Crippen LogP contribution in [0.3, 0.4) is 0 Å². The monoisotopic (exact) mass is 197 g/mol. The highest BCUT2D eigenvalue weighted by atomic mass is 16.4. The van der Waals surface area contributed by atoms with Gasteiger partial charge in [-0.15, -0.1) is 0 Å². The zero-order valence-electron chi connectivity index (χ0n) is 8.11. The number of rotatable bonds is 2. The minimum atomic E-state index is -0.746. The minimum absolute atomic E-state index is 0.0172. The Morgan fingerprint density at radius 3 is 2.21 bits per heavy atom. The molecule has 78 valence electrons. The standard InChI is InChI=1S/C10H15NO3/c12-9(11-4-1-5-11)7-2-3-8(6-7)10(13)14/h7-8H,1-6H2,(H,13,14). The van der Waals surface area contributed by atoms with Crippen LogP contribution < -0.4 is 0 Å². The first kappa shape index (κ1) is 9.49. The van der Waals surface area contributed by atoms with Gasteiger partial charge in [0.1, 0.15) is 0 Å². The number of hydrogen-bond donors (Lipinski definition) is 1. The molecule has 1 N–H and O–H groups in total. The van der Waals surface area contributed by atoms with Crippen LogP contribution in [-0.2, 0) is 9.59 Å². The molecule has 4 nitrogen and oxygen atoms in total. The molecule has 2 fully saturated rings. The van der Waals surface area contributed by atoms with Crippen LogP contribution in [0.2, 0.25) is 0 Å². The zero-order chi connectivity index (χ0) is 10.1. The number of hydrogen-bond acceptors (Lipinski definition) is 2. The molecule has 0 aromatic carbocycles. The van der Waals surface area contributed by atoms with Gasteiger partial charge >= 0.3 is 5.97 Å². The van der Waals surface area contributed by atoms with Gasteiger partial charge in [-0.1, -0.05) is 0 Å². The molecule has 2 aliphatic rings. The first-order valence-electron chi connectivity index (χ1n) is 5.20. The van der Waals surface area contributed by atoms with Gasteiger partial charge < -0.3 is 10.0 Å². The fourth-order valence-electron chi connectivity index (χ4n) is 2.22. The summed E-state index contributed by atoms with van der Waals surface area (Å²) < 4.78 is 0. The average Bonchev–Trinajstić information content (AvgIpc) is 2.48. The number of nitrogens with zero attached hydrogens (tertiary/aromatic N) is 1. The topological polar surface area (TPSA) is 57.6 Å². The van der Waals surface area contributed by atoms with Crippen LogP contribution in [0.15, 0.2) is 0 Å². The van der Waals surface area contributed by atoms with Crippen molar-refractivity contribution in [3.63, 3.8) is 0 Å². The number of carboxylic acids is 1. The second kappa shape index (κ2) is 3.59. The third-order valence-electron chi connectivity index (χ3n) is 3.30. The van der Waals surface area contributed by atoms with Gasteiger partial charge in [0, 0.05) is 19.0 Å². The highest BCUT2D eigenvalue weighted by molar-refractivity contribution is 5.81. The molecule has 2 unspecified atom stereocenters. The van der Waals surface area contributed by atoms with Crippen molar-refractivity contribution < 1.29 is 14.7 Å². The van der Waals surface area contributed by atoms with E-state index in [0.717, 1.165) is 25.9 Å². The molecular formula is C10H15NO3. The number of likely N-dealkylation sites (tertiary alicyclic amines) is 1. The van der Waals surface area contributed by atoms with Gasteiger partial charge in [0.05, 0.1) is 5.92 Å². The quantitative estimate of drug-likeness (QED) is 0.709. The van der Waals surface area contributed by atoms with Gasteiger partial charge in [-0.3, -0.25) is 9.59 Å². The van der Waals surface area contributed by atoms with Crippen molar-refractivity contribution >= 4 is 11.9 Å². The molecule has 0 aromatic heterocycles. The molecule has 1 heterocycles. The van der Waals surface area contributed by atoms with Crippen molar-refractivity contribution in [2.24, 2.45) is 11.8 Å². The molecule has 0 bridgehead atoms. The molecule has 1 saturated heterocycles. The SMILES string of the molecule is O=C(O)C1CCC(C(=O)N2CCC2)C1. The maximum Gasteiger partial charge on any atom is 0.306 e. The highest BCUT2D eigenvalue weighted by Crippen LogP contribution is 2.33. The Hall–Kier alpha value is -1.06. The maximum absolute atomic E-state index is 11.7. The lowest BCUT2D eigenvalue weighted by atomic mass is 10.0. The number of carboxylic acid groups (broad SMARTS) is 1. The van der Waals surface area contributed by atoms with Crippen LogP contribution in [0.1, 0.15) is 25.7 Å². The summed E-state index contributed by atoms with van der Waals surface area (Å²) in [4.78, 5) is 24.3. The Morgan fingerprint density at radius 2 is 1.79 bits per heavy atom. The molecule has 1 aliphatic heterocycles. The molecule has 2 atom stereocenters. The zero-order valence-corrected chi connectivity index (χ0v) is 8.11. The lowest BCUT2D eigenvalue weighted by Gasteiger charge is -2.33. The summed E-state index contributed by atoms with van der Waals surface area (Å²) in [5.41, 5.74) is 0. The van der Waals surface area contributed by atoms with Crippen LogP contribution in [0, 0.1) is 11.8 Å². The van der Waals surface area contributed by atoms with Crippen molar-refractivity contribution in [2.45, 2.75) is 25.7 Å². The van der Waals surface area contributed by atoms with Crippen molar-refractivity contribution in [3.05, 3.63) is 0 Å². The first-order chi connectivity index (χ1) is 6.68. The fourth-order valence-corrected chi connectivity index (χ4v) is 2.22. The third kappa shape index (κ3) is 1.61. The third-order valence-corrected chi connectivity index (χ3v) is 3.30. The van der Waals surface area contributed by atoms with E-state index in [-0.39, 0.29) is 17.7 Å². The van der Waals surface area contributed by atoms with Gasteiger partial charge in [-0.25, -0.2) is 0 Å². The predicted octanol–water partition coefficient (Wildman–Crippen LogP) is 0.720. The van der Waals surface area contributed by atoms with Gasteiger partial charge in [-0.2, -0.15) is 0 Å². The normalized spacial score (nSPS) is 31.3. The smallest absolute Gasteiger partial charge is 0.306 e. The summed E-state index contributed by atoms with van der Waals surface area (Å²) in [6.45, 7) is 1.74. The molecule has 2 rings (SSSR count). The largest absolute Gasteiger partial charge is 0.481 e. The van der Waals surface area contributed by atoms with E-state index in [1.807, 2.05) is 4.90 Å².